The summed E-state index contributed by atoms with van der Waals surface area (Å²) in [5, 5.41) is 0. The van der Waals surface area contributed by atoms with Gasteiger partial charge in [-0.05, 0) is 19.8 Å². The van der Waals surface area contributed by atoms with Crippen molar-refractivity contribution in [3.05, 3.63) is 11.6 Å². The SMILES string of the molecule is C/C=C(\C)C(=O)OCC(C)C. The molecular weight excluding hydrogens is 140 g/mol. The Morgan fingerprint density at radius 1 is 1.55 bits per heavy atom. The summed E-state index contributed by atoms with van der Waals surface area (Å²) < 4.78 is 4.95. The third-order valence-electron chi connectivity index (χ3n) is 1.30. The van der Waals surface area contributed by atoms with E-state index in [1.807, 2.05) is 20.8 Å². The van der Waals surface area contributed by atoms with Crippen molar-refractivity contribution >= 4 is 5.97 Å². The van der Waals surface area contributed by atoms with E-state index in [0.717, 1.165) is 0 Å². The highest BCUT2D eigenvalue weighted by Crippen LogP contribution is 1.99. The number of allylic oxidation sites excluding steroid dienone is 1. The van der Waals surface area contributed by atoms with Crippen molar-refractivity contribution in [1.82, 2.24) is 0 Å². The first-order chi connectivity index (χ1) is 5.07. The van der Waals surface area contributed by atoms with Gasteiger partial charge in [-0.3, -0.25) is 0 Å². The molecule has 0 atom stereocenters. The number of ether oxygens (including phenoxy) is 1. The number of rotatable bonds is 3. The molecule has 0 heterocycles. The molecule has 0 bridgehead atoms. The van der Waals surface area contributed by atoms with Crippen LogP contribution in [0.2, 0.25) is 0 Å². The van der Waals surface area contributed by atoms with Crippen LogP contribution >= 0.6 is 0 Å². The van der Waals surface area contributed by atoms with Gasteiger partial charge in [0.2, 0.25) is 0 Å². The quantitative estimate of drug-likeness (QED) is 0.462. The summed E-state index contributed by atoms with van der Waals surface area (Å²) in [5.74, 6) is 0.199. The first kappa shape index (κ1) is 10.2. The smallest absolute Gasteiger partial charge is 0.333 e. The second kappa shape index (κ2) is 4.94. The number of hydrogen-bond acceptors (Lipinski definition) is 2. The normalized spacial score (nSPS) is 11.9. The standard InChI is InChI=1S/C9H16O2/c1-5-8(4)9(10)11-6-7(2)3/h5,7H,6H2,1-4H3/b8-5+. The Kier molecular flexibility index (Phi) is 4.59. The molecule has 0 amide bonds. The molecule has 0 aromatic carbocycles. The summed E-state index contributed by atoms with van der Waals surface area (Å²) in [6, 6.07) is 0. The minimum absolute atomic E-state index is 0.207. The zero-order chi connectivity index (χ0) is 8.85. The molecule has 11 heavy (non-hydrogen) atoms. The van der Waals surface area contributed by atoms with Gasteiger partial charge in [-0.1, -0.05) is 19.9 Å². The maximum absolute atomic E-state index is 11.0. The Hall–Kier alpha value is -0.790. The number of carbonyl (C=O) groups excluding carboxylic acids is 1. The second-order valence-corrected chi connectivity index (χ2v) is 2.96. The van der Waals surface area contributed by atoms with Crippen molar-refractivity contribution in [3.63, 3.8) is 0 Å². The molecule has 0 aromatic rings. The van der Waals surface area contributed by atoms with Crippen LogP contribution in [0.15, 0.2) is 11.6 Å². The molecule has 0 unspecified atom stereocenters. The van der Waals surface area contributed by atoms with Gasteiger partial charge in [0.15, 0.2) is 0 Å². The van der Waals surface area contributed by atoms with Gasteiger partial charge in [-0.15, -0.1) is 0 Å². The molecule has 0 aliphatic carbocycles. The van der Waals surface area contributed by atoms with Gasteiger partial charge in [0, 0.05) is 5.57 Å². The maximum atomic E-state index is 11.0. The lowest BCUT2D eigenvalue weighted by molar-refractivity contribution is -0.140. The van der Waals surface area contributed by atoms with Crippen LogP contribution in [0.3, 0.4) is 0 Å². The summed E-state index contributed by atoms with van der Waals surface area (Å²) in [4.78, 5) is 11.0. The average Bonchev–Trinajstić information content (AvgIpc) is 1.98. The summed E-state index contributed by atoms with van der Waals surface area (Å²) >= 11 is 0. The molecule has 0 aliphatic rings. The van der Waals surface area contributed by atoms with Crippen LogP contribution in [0.4, 0.5) is 0 Å². The fourth-order valence-electron chi connectivity index (χ4n) is 0.474. The first-order valence-electron chi connectivity index (χ1n) is 3.88. The Bertz CT molecular complexity index is 157. The largest absolute Gasteiger partial charge is 0.462 e. The highest BCUT2D eigenvalue weighted by molar-refractivity contribution is 5.87. The third-order valence-corrected chi connectivity index (χ3v) is 1.30. The van der Waals surface area contributed by atoms with Gasteiger partial charge in [-0.25, -0.2) is 4.79 Å². The van der Waals surface area contributed by atoms with Crippen LogP contribution in [0, 0.1) is 5.92 Å². The molecule has 0 N–H and O–H groups in total. The van der Waals surface area contributed by atoms with E-state index in [4.69, 9.17) is 4.74 Å². The minimum atomic E-state index is -0.207. The van der Waals surface area contributed by atoms with Gasteiger partial charge in [0.25, 0.3) is 0 Å². The van der Waals surface area contributed by atoms with Gasteiger partial charge >= 0.3 is 5.97 Å². The van der Waals surface area contributed by atoms with Crippen LogP contribution in [-0.4, -0.2) is 12.6 Å². The number of carbonyl (C=O) groups is 1. The Morgan fingerprint density at radius 3 is 2.45 bits per heavy atom. The van der Waals surface area contributed by atoms with E-state index in [0.29, 0.717) is 18.1 Å². The van der Waals surface area contributed by atoms with Crippen molar-refractivity contribution in [1.29, 1.82) is 0 Å². The van der Waals surface area contributed by atoms with E-state index in [9.17, 15) is 4.79 Å². The van der Waals surface area contributed by atoms with E-state index in [1.54, 1.807) is 13.0 Å². The molecule has 0 fully saturated rings. The van der Waals surface area contributed by atoms with Crippen molar-refractivity contribution in [3.8, 4) is 0 Å². The molecule has 0 rings (SSSR count). The van der Waals surface area contributed by atoms with Crippen LogP contribution in [-0.2, 0) is 9.53 Å². The molecule has 2 nitrogen and oxygen atoms in total. The fourth-order valence-corrected chi connectivity index (χ4v) is 0.474. The highest BCUT2D eigenvalue weighted by Gasteiger charge is 2.04. The summed E-state index contributed by atoms with van der Waals surface area (Å²) in [6.45, 7) is 8.11. The maximum Gasteiger partial charge on any atom is 0.333 e. The van der Waals surface area contributed by atoms with Crippen LogP contribution in [0.25, 0.3) is 0 Å². The van der Waals surface area contributed by atoms with Crippen molar-refractivity contribution in [2.75, 3.05) is 6.61 Å². The van der Waals surface area contributed by atoms with Crippen LogP contribution < -0.4 is 0 Å². The Labute approximate surface area is 68.2 Å². The number of hydrogen-bond donors (Lipinski definition) is 0. The zero-order valence-electron chi connectivity index (χ0n) is 7.68. The topological polar surface area (TPSA) is 26.3 Å². The minimum Gasteiger partial charge on any atom is -0.462 e. The lowest BCUT2D eigenvalue weighted by atomic mass is 10.2. The molecule has 0 saturated heterocycles. The van der Waals surface area contributed by atoms with E-state index < -0.39 is 0 Å². The zero-order valence-corrected chi connectivity index (χ0v) is 7.68. The van der Waals surface area contributed by atoms with Gasteiger partial charge < -0.3 is 4.74 Å². The Balaban J connectivity index is 3.71. The molecule has 0 aromatic heterocycles. The molecule has 0 spiro atoms. The van der Waals surface area contributed by atoms with Gasteiger partial charge in [-0.2, -0.15) is 0 Å². The summed E-state index contributed by atoms with van der Waals surface area (Å²) in [5.41, 5.74) is 0.672. The van der Waals surface area contributed by atoms with Crippen LogP contribution in [0.1, 0.15) is 27.7 Å². The monoisotopic (exact) mass is 156 g/mol. The molecule has 0 radical (unpaired) electrons. The second-order valence-electron chi connectivity index (χ2n) is 2.96. The summed E-state index contributed by atoms with van der Waals surface area (Å²) in [6.07, 6.45) is 1.75. The van der Waals surface area contributed by atoms with Gasteiger partial charge in [0.1, 0.15) is 0 Å². The van der Waals surface area contributed by atoms with E-state index in [-0.39, 0.29) is 5.97 Å². The lowest BCUT2D eigenvalue weighted by Gasteiger charge is -2.06. The van der Waals surface area contributed by atoms with Gasteiger partial charge in [0.05, 0.1) is 6.61 Å². The fraction of sp³-hybridized carbons (Fsp3) is 0.667. The third kappa shape index (κ3) is 4.59. The van der Waals surface area contributed by atoms with Crippen molar-refractivity contribution < 1.29 is 9.53 Å². The number of esters is 1. The summed E-state index contributed by atoms with van der Waals surface area (Å²) in [7, 11) is 0. The lowest BCUT2D eigenvalue weighted by Crippen LogP contribution is -2.10. The molecular formula is C9H16O2. The molecule has 64 valence electrons. The molecule has 0 aliphatic heterocycles. The van der Waals surface area contributed by atoms with Crippen molar-refractivity contribution in [2.45, 2.75) is 27.7 Å². The predicted molar refractivity (Wildman–Crippen MR) is 45.2 cm³/mol. The Morgan fingerprint density at radius 2 is 2.09 bits per heavy atom. The van der Waals surface area contributed by atoms with Crippen LogP contribution in [0.5, 0.6) is 0 Å². The predicted octanol–water partition coefficient (Wildman–Crippen LogP) is 2.15. The van der Waals surface area contributed by atoms with Crippen molar-refractivity contribution in [2.24, 2.45) is 5.92 Å². The van der Waals surface area contributed by atoms with E-state index in [1.165, 1.54) is 0 Å². The highest BCUT2D eigenvalue weighted by atomic mass is 16.5. The average molecular weight is 156 g/mol. The first-order valence-corrected chi connectivity index (χ1v) is 3.88. The van der Waals surface area contributed by atoms with E-state index >= 15 is 0 Å². The van der Waals surface area contributed by atoms with E-state index in [2.05, 4.69) is 0 Å². The molecule has 2 heteroatoms. The molecule has 0 saturated carbocycles.